The van der Waals surface area contributed by atoms with Gasteiger partial charge >= 0.3 is 5.97 Å². The summed E-state index contributed by atoms with van der Waals surface area (Å²) in [6.07, 6.45) is 0.630. The molecule has 0 unspecified atom stereocenters. The fourth-order valence-electron chi connectivity index (χ4n) is 3.32. The number of sulfonamides is 1. The predicted molar refractivity (Wildman–Crippen MR) is 103 cm³/mol. The molecular formula is C19H25N3O6S. The van der Waals surface area contributed by atoms with Crippen LogP contribution in [-0.2, 0) is 29.1 Å². The minimum Gasteiger partial charge on any atom is -0.454 e. The zero-order chi connectivity index (χ0) is 21.2. The van der Waals surface area contributed by atoms with E-state index in [1.165, 1.54) is 9.21 Å². The van der Waals surface area contributed by atoms with Crippen molar-refractivity contribution < 1.29 is 27.5 Å². The van der Waals surface area contributed by atoms with Crippen LogP contribution in [0.1, 0.15) is 24.0 Å². The molecule has 1 aromatic carbocycles. The molecule has 9 nitrogen and oxygen atoms in total. The van der Waals surface area contributed by atoms with Gasteiger partial charge in [-0.3, -0.25) is 9.59 Å². The third-order valence-corrected chi connectivity index (χ3v) is 7.22. The van der Waals surface area contributed by atoms with Crippen molar-refractivity contribution >= 4 is 27.8 Å². The number of esters is 1. The number of ether oxygens (including phenoxy) is 1. The lowest BCUT2D eigenvalue weighted by Gasteiger charge is -2.34. The van der Waals surface area contributed by atoms with E-state index in [0.29, 0.717) is 6.42 Å². The predicted octanol–water partition coefficient (Wildman–Crippen LogP) is -0.0419. The van der Waals surface area contributed by atoms with E-state index in [1.54, 1.807) is 18.2 Å². The van der Waals surface area contributed by atoms with Gasteiger partial charge in [0.25, 0.3) is 5.91 Å². The number of nitrogens with one attached hydrogen (secondary N) is 1. The summed E-state index contributed by atoms with van der Waals surface area (Å²) in [5.41, 5.74) is 1.92. The fraction of sp³-hybridized carbons (Fsp3) is 0.526. The standard InChI is InChI=1S/C19H25N3O6S/c1-13-3-4-15(11-14(13)2)29(26,27)22-9-7-21(8-10-22)18(24)12-28-19(25)16-5-6-17(23)20-16/h3-4,11,16H,5-10,12H2,1-2H3,(H,20,23)/t16-/m0/s1. The van der Waals surface area contributed by atoms with Crippen LogP contribution in [-0.4, -0.2) is 74.2 Å². The molecule has 2 aliphatic heterocycles. The van der Waals surface area contributed by atoms with Crippen molar-refractivity contribution in [2.75, 3.05) is 32.8 Å². The minimum absolute atomic E-state index is 0.174. The highest BCUT2D eigenvalue weighted by Crippen LogP contribution is 2.20. The summed E-state index contributed by atoms with van der Waals surface area (Å²) in [4.78, 5) is 37.0. The lowest BCUT2D eigenvalue weighted by atomic mass is 10.1. The SMILES string of the molecule is Cc1ccc(S(=O)(=O)N2CCN(C(=O)COC(=O)[C@@H]3CCC(=O)N3)CC2)cc1C. The Hall–Kier alpha value is -2.46. The second-order valence-corrected chi connectivity index (χ2v) is 9.24. The number of carbonyl (C=O) groups is 3. The Labute approximate surface area is 170 Å². The summed E-state index contributed by atoms with van der Waals surface area (Å²) >= 11 is 0. The number of benzene rings is 1. The first-order chi connectivity index (χ1) is 13.7. The van der Waals surface area contributed by atoms with Crippen LogP contribution in [0, 0.1) is 13.8 Å². The normalized spacial score (nSPS) is 20.4. The van der Waals surface area contributed by atoms with E-state index < -0.39 is 28.6 Å². The number of carbonyl (C=O) groups excluding carboxylic acids is 3. The van der Waals surface area contributed by atoms with E-state index in [9.17, 15) is 22.8 Å². The van der Waals surface area contributed by atoms with Crippen molar-refractivity contribution in [3.8, 4) is 0 Å². The molecule has 0 aromatic heterocycles. The number of hydrogen-bond acceptors (Lipinski definition) is 6. The van der Waals surface area contributed by atoms with Gasteiger partial charge in [-0.05, 0) is 43.5 Å². The first-order valence-electron chi connectivity index (χ1n) is 9.49. The monoisotopic (exact) mass is 423 g/mol. The largest absolute Gasteiger partial charge is 0.454 e. The maximum atomic E-state index is 12.8. The summed E-state index contributed by atoms with van der Waals surface area (Å²) in [5.74, 6) is -1.22. The van der Waals surface area contributed by atoms with Gasteiger partial charge in [-0.1, -0.05) is 6.07 Å². The Balaban J connectivity index is 1.51. The Morgan fingerprint density at radius 3 is 2.41 bits per heavy atom. The highest BCUT2D eigenvalue weighted by molar-refractivity contribution is 7.89. The lowest BCUT2D eigenvalue weighted by molar-refractivity contribution is -0.154. The van der Waals surface area contributed by atoms with Crippen LogP contribution in [0.25, 0.3) is 0 Å². The molecule has 158 valence electrons. The third kappa shape index (κ3) is 4.76. The van der Waals surface area contributed by atoms with Crippen LogP contribution < -0.4 is 5.32 Å². The molecule has 10 heteroatoms. The van der Waals surface area contributed by atoms with Crippen LogP contribution >= 0.6 is 0 Å². The molecule has 0 radical (unpaired) electrons. The van der Waals surface area contributed by atoms with Crippen LogP contribution in [0.3, 0.4) is 0 Å². The number of aryl methyl sites for hydroxylation is 2. The number of rotatable bonds is 5. The van der Waals surface area contributed by atoms with Crippen molar-refractivity contribution in [3.05, 3.63) is 29.3 Å². The summed E-state index contributed by atoms with van der Waals surface area (Å²) < 4.78 is 32.0. The molecule has 3 rings (SSSR count). The highest BCUT2D eigenvalue weighted by Gasteiger charge is 2.32. The van der Waals surface area contributed by atoms with Crippen molar-refractivity contribution in [3.63, 3.8) is 0 Å². The van der Waals surface area contributed by atoms with E-state index in [2.05, 4.69) is 5.32 Å². The molecule has 0 spiro atoms. The van der Waals surface area contributed by atoms with Crippen LogP contribution in [0.15, 0.2) is 23.1 Å². The molecular weight excluding hydrogens is 398 g/mol. The Morgan fingerprint density at radius 1 is 1.14 bits per heavy atom. The number of nitrogens with zero attached hydrogens (tertiary/aromatic N) is 2. The van der Waals surface area contributed by atoms with Crippen LogP contribution in [0.2, 0.25) is 0 Å². The molecule has 1 N–H and O–H groups in total. The first-order valence-corrected chi connectivity index (χ1v) is 10.9. The Morgan fingerprint density at radius 2 is 1.83 bits per heavy atom. The second-order valence-electron chi connectivity index (χ2n) is 7.30. The van der Waals surface area contributed by atoms with Crippen LogP contribution in [0.4, 0.5) is 0 Å². The molecule has 2 aliphatic rings. The Kier molecular flexibility index (Phi) is 6.23. The fourth-order valence-corrected chi connectivity index (χ4v) is 4.82. The topological polar surface area (TPSA) is 113 Å². The summed E-state index contributed by atoms with van der Waals surface area (Å²) in [7, 11) is -3.62. The van der Waals surface area contributed by atoms with Crippen molar-refractivity contribution in [2.24, 2.45) is 0 Å². The van der Waals surface area contributed by atoms with Crippen molar-refractivity contribution in [2.45, 2.75) is 37.6 Å². The van der Waals surface area contributed by atoms with Gasteiger partial charge in [-0.2, -0.15) is 4.31 Å². The van der Waals surface area contributed by atoms with Gasteiger partial charge in [0.1, 0.15) is 6.04 Å². The zero-order valence-corrected chi connectivity index (χ0v) is 17.3. The molecule has 2 saturated heterocycles. The summed E-state index contributed by atoms with van der Waals surface area (Å²) in [6.45, 7) is 4.16. The highest BCUT2D eigenvalue weighted by atomic mass is 32.2. The van der Waals surface area contributed by atoms with Gasteiger partial charge in [-0.25, -0.2) is 13.2 Å². The van der Waals surface area contributed by atoms with Crippen LogP contribution in [0.5, 0.6) is 0 Å². The van der Waals surface area contributed by atoms with Gasteiger partial charge in [-0.15, -0.1) is 0 Å². The van der Waals surface area contributed by atoms with Gasteiger partial charge in [0.2, 0.25) is 15.9 Å². The van der Waals surface area contributed by atoms with Gasteiger partial charge in [0.15, 0.2) is 6.61 Å². The van der Waals surface area contributed by atoms with Crippen molar-refractivity contribution in [1.82, 2.24) is 14.5 Å². The number of hydrogen-bond donors (Lipinski definition) is 1. The summed E-state index contributed by atoms with van der Waals surface area (Å²) in [6, 6.07) is 4.33. The van der Waals surface area contributed by atoms with E-state index in [-0.39, 0.29) is 49.3 Å². The quantitative estimate of drug-likeness (QED) is 0.665. The minimum atomic E-state index is -3.62. The van der Waals surface area contributed by atoms with Crippen molar-refractivity contribution in [1.29, 1.82) is 0 Å². The number of piperazine rings is 1. The lowest BCUT2D eigenvalue weighted by Crippen LogP contribution is -2.51. The molecule has 2 amide bonds. The second kappa shape index (κ2) is 8.50. The molecule has 2 heterocycles. The average molecular weight is 423 g/mol. The van der Waals surface area contributed by atoms with Gasteiger partial charge in [0.05, 0.1) is 4.90 Å². The first kappa shape index (κ1) is 21.3. The third-order valence-electron chi connectivity index (χ3n) is 5.33. The molecule has 1 aromatic rings. The zero-order valence-electron chi connectivity index (χ0n) is 16.5. The van der Waals surface area contributed by atoms with E-state index in [1.807, 2.05) is 13.8 Å². The van der Waals surface area contributed by atoms with Gasteiger partial charge < -0.3 is 15.0 Å². The molecule has 1 atom stereocenters. The maximum absolute atomic E-state index is 12.8. The van der Waals surface area contributed by atoms with E-state index in [4.69, 9.17) is 4.74 Å². The Bertz CT molecular complexity index is 922. The van der Waals surface area contributed by atoms with E-state index in [0.717, 1.165) is 11.1 Å². The number of amides is 2. The molecule has 0 aliphatic carbocycles. The average Bonchev–Trinajstić information content (AvgIpc) is 3.14. The molecule has 0 saturated carbocycles. The molecule has 0 bridgehead atoms. The maximum Gasteiger partial charge on any atom is 0.329 e. The summed E-state index contributed by atoms with van der Waals surface area (Å²) in [5, 5.41) is 2.49. The van der Waals surface area contributed by atoms with Gasteiger partial charge in [0, 0.05) is 32.6 Å². The molecule has 29 heavy (non-hydrogen) atoms. The smallest absolute Gasteiger partial charge is 0.329 e. The van der Waals surface area contributed by atoms with E-state index >= 15 is 0 Å². The molecule has 2 fully saturated rings.